The Kier molecular flexibility index (Phi) is 4.31. The monoisotopic (exact) mass is 283 g/mol. The third kappa shape index (κ3) is 3.38. The maximum atomic E-state index is 5.31. The molecule has 0 amide bonds. The second-order valence-electron chi connectivity index (χ2n) is 4.67. The third-order valence-electron chi connectivity index (χ3n) is 3.19. The van der Waals surface area contributed by atoms with Crippen LogP contribution in [0.5, 0.6) is 0 Å². The number of rotatable bonds is 6. The first kappa shape index (κ1) is 13.2. The first-order valence-corrected chi connectivity index (χ1v) is 7.66. The molecule has 2 heterocycles. The number of thiophene rings is 1. The summed E-state index contributed by atoms with van der Waals surface area (Å²) in [4.78, 5) is 1.36. The van der Waals surface area contributed by atoms with E-state index in [4.69, 9.17) is 4.42 Å². The van der Waals surface area contributed by atoms with Gasteiger partial charge in [-0.25, -0.2) is 0 Å². The van der Waals surface area contributed by atoms with Crippen LogP contribution in [0, 0.1) is 0 Å². The molecule has 2 nitrogen and oxygen atoms in total. The van der Waals surface area contributed by atoms with Gasteiger partial charge >= 0.3 is 0 Å². The van der Waals surface area contributed by atoms with E-state index < -0.39 is 0 Å². The first-order chi connectivity index (χ1) is 9.92. The summed E-state index contributed by atoms with van der Waals surface area (Å²) in [6.45, 7) is 1.85. The summed E-state index contributed by atoms with van der Waals surface area (Å²) in [7, 11) is 0. The fourth-order valence-corrected chi connectivity index (χ4v) is 3.00. The largest absolute Gasteiger partial charge is 0.469 e. The normalized spacial score (nSPS) is 10.8. The second-order valence-corrected chi connectivity index (χ2v) is 5.67. The zero-order chi connectivity index (χ0) is 13.6. The molecule has 0 bridgehead atoms. The molecule has 1 N–H and O–H groups in total. The van der Waals surface area contributed by atoms with Crippen LogP contribution < -0.4 is 5.32 Å². The van der Waals surface area contributed by atoms with Gasteiger partial charge in [0.05, 0.1) is 6.26 Å². The summed E-state index contributed by atoms with van der Waals surface area (Å²) in [5.74, 6) is 1.04. The quantitative estimate of drug-likeness (QED) is 0.681. The first-order valence-electron chi connectivity index (χ1n) is 6.78. The molecule has 3 aromatic rings. The summed E-state index contributed by atoms with van der Waals surface area (Å²) >= 11 is 1.81. The van der Waals surface area contributed by atoms with Crippen molar-refractivity contribution in [3.63, 3.8) is 0 Å². The maximum Gasteiger partial charge on any atom is 0.105 e. The van der Waals surface area contributed by atoms with Gasteiger partial charge in [-0.3, -0.25) is 0 Å². The van der Waals surface area contributed by atoms with Crippen molar-refractivity contribution < 1.29 is 4.42 Å². The van der Waals surface area contributed by atoms with E-state index in [0.717, 1.165) is 25.3 Å². The topological polar surface area (TPSA) is 25.2 Å². The lowest BCUT2D eigenvalue weighted by molar-refractivity contribution is 0.499. The van der Waals surface area contributed by atoms with Gasteiger partial charge in [-0.2, -0.15) is 0 Å². The van der Waals surface area contributed by atoms with Gasteiger partial charge in [0.2, 0.25) is 0 Å². The Morgan fingerprint density at radius 1 is 1.00 bits per heavy atom. The molecule has 0 atom stereocenters. The van der Waals surface area contributed by atoms with Gasteiger partial charge in [0.25, 0.3) is 0 Å². The molecule has 0 spiro atoms. The molecule has 0 aliphatic carbocycles. The summed E-state index contributed by atoms with van der Waals surface area (Å²) in [5, 5.41) is 5.68. The lowest BCUT2D eigenvalue weighted by Crippen LogP contribution is -2.15. The minimum atomic E-state index is 0.915. The second kappa shape index (κ2) is 6.55. The molecule has 0 saturated heterocycles. The minimum Gasteiger partial charge on any atom is -0.469 e. The third-order valence-corrected chi connectivity index (χ3v) is 4.13. The molecule has 0 aliphatic rings. The smallest absolute Gasteiger partial charge is 0.105 e. The van der Waals surface area contributed by atoms with E-state index in [0.29, 0.717) is 0 Å². The van der Waals surface area contributed by atoms with Crippen LogP contribution in [0.4, 0.5) is 0 Å². The Labute approximate surface area is 123 Å². The van der Waals surface area contributed by atoms with E-state index in [1.165, 1.54) is 16.0 Å². The Morgan fingerprint density at radius 3 is 2.70 bits per heavy atom. The molecule has 0 aliphatic heterocycles. The molecule has 20 heavy (non-hydrogen) atoms. The van der Waals surface area contributed by atoms with Gasteiger partial charge in [0, 0.05) is 24.4 Å². The fraction of sp³-hybridized carbons (Fsp3) is 0.176. The molecule has 0 unspecified atom stereocenters. The van der Waals surface area contributed by atoms with Crippen LogP contribution in [0.15, 0.2) is 64.6 Å². The van der Waals surface area contributed by atoms with Crippen molar-refractivity contribution in [3.05, 3.63) is 70.8 Å². The summed E-state index contributed by atoms with van der Waals surface area (Å²) in [5.41, 5.74) is 2.59. The highest BCUT2D eigenvalue weighted by molar-refractivity contribution is 7.10. The minimum absolute atomic E-state index is 0.915. The lowest BCUT2D eigenvalue weighted by Gasteiger charge is -2.01. The van der Waals surface area contributed by atoms with Crippen molar-refractivity contribution in [2.45, 2.75) is 13.0 Å². The Morgan fingerprint density at radius 2 is 1.90 bits per heavy atom. The number of benzene rings is 1. The van der Waals surface area contributed by atoms with E-state index in [2.05, 4.69) is 41.0 Å². The van der Waals surface area contributed by atoms with E-state index in [1.54, 1.807) is 17.6 Å². The fourth-order valence-electron chi connectivity index (χ4n) is 2.13. The highest BCUT2D eigenvalue weighted by Crippen LogP contribution is 2.25. The number of nitrogens with one attached hydrogen (secondary N) is 1. The number of hydrogen-bond acceptors (Lipinski definition) is 3. The molecule has 3 heteroatoms. The molecular formula is C17H17NOS. The highest BCUT2D eigenvalue weighted by Gasteiger charge is 2.02. The molecule has 2 aromatic heterocycles. The standard InChI is InChI=1S/C17H17NOS/c1-2-5-14(6-3-1)15-11-17(20-13-15)12-18-9-8-16-7-4-10-19-16/h1-7,10-11,13,18H,8-9,12H2. The van der Waals surface area contributed by atoms with Crippen molar-refractivity contribution in [3.8, 4) is 11.1 Å². The van der Waals surface area contributed by atoms with Gasteiger partial charge in [-0.15, -0.1) is 11.3 Å². The van der Waals surface area contributed by atoms with E-state index in [-0.39, 0.29) is 0 Å². The lowest BCUT2D eigenvalue weighted by atomic mass is 10.1. The van der Waals surface area contributed by atoms with E-state index in [9.17, 15) is 0 Å². The van der Waals surface area contributed by atoms with Crippen molar-refractivity contribution in [1.29, 1.82) is 0 Å². The average molecular weight is 283 g/mol. The zero-order valence-corrected chi connectivity index (χ0v) is 12.0. The molecule has 3 rings (SSSR count). The van der Waals surface area contributed by atoms with Crippen LogP contribution in [0.3, 0.4) is 0 Å². The molecule has 1 aromatic carbocycles. The van der Waals surface area contributed by atoms with Crippen molar-refractivity contribution in [2.24, 2.45) is 0 Å². The summed E-state index contributed by atoms with van der Waals surface area (Å²) in [6, 6.07) is 16.7. The molecule has 0 radical (unpaired) electrons. The van der Waals surface area contributed by atoms with Gasteiger partial charge < -0.3 is 9.73 Å². The maximum absolute atomic E-state index is 5.31. The average Bonchev–Trinajstić information content (AvgIpc) is 3.16. The van der Waals surface area contributed by atoms with E-state index in [1.807, 2.05) is 18.2 Å². The highest BCUT2D eigenvalue weighted by atomic mass is 32.1. The van der Waals surface area contributed by atoms with Crippen LogP contribution in [-0.2, 0) is 13.0 Å². The van der Waals surface area contributed by atoms with Crippen LogP contribution >= 0.6 is 11.3 Å². The van der Waals surface area contributed by atoms with Gasteiger partial charge in [0.15, 0.2) is 0 Å². The Balaban J connectivity index is 1.50. The SMILES string of the molecule is c1ccc(-c2csc(CNCCc3ccco3)c2)cc1. The summed E-state index contributed by atoms with van der Waals surface area (Å²) < 4.78 is 5.31. The zero-order valence-electron chi connectivity index (χ0n) is 11.2. The van der Waals surface area contributed by atoms with Crippen LogP contribution in [0.2, 0.25) is 0 Å². The molecule has 0 saturated carbocycles. The number of hydrogen-bond donors (Lipinski definition) is 1. The predicted molar refractivity (Wildman–Crippen MR) is 83.9 cm³/mol. The van der Waals surface area contributed by atoms with Gasteiger partial charge in [0.1, 0.15) is 5.76 Å². The molecule has 102 valence electrons. The van der Waals surface area contributed by atoms with Crippen molar-refractivity contribution >= 4 is 11.3 Å². The van der Waals surface area contributed by atoms with Crippen LogP contribution in [-0.4, -0.2) is 6.54 Å². The van der Waals surface area contributed by atoms with Crippen LogP contribution in [0.25, 0.3) is 11.1 Å². The Hall–Kier alpha value is -1.84. The van der Waals surface area contributed by atoms with Gasteiger partial charge in [-0.05, 0) is 34.7 Å². The molecular weight excluding hydrogens is 266 g/mol. The van der Waals surface area contributed by atoms with E-state index >= 15 is 0 Å². The predicted octanol–water partition coefficient (Wildman–Crippen LogP) is 4.34. The molecule has 0 fully saturated rings. The van der Waals surface area contributed by atoms with Crippen molar-refractivity contribution in [2.75, 3.05) is 6.54 Å². The van der Waals surface area contributed by atoms with Crippen molar-refractivity contribution in [1.82, 2.24) is 5.32 Å². The van der Waals surface area contributed by atoms with Gasteiger partial charge in [-0.1, -0.05) is 30.3 Å². The van der Waals surface area contributed by atoms with Crippen LogP contribution in [0.1, 0.15) is 10.6 Å². The Bertz CT molecular complexity index is 628. The summed E-state index contributed by atoms with van der Waals surface area (Å²) in [6.07, 6.45) is 2.66. The number of furan rings is 1.